The van der Waals surface area contributed by atoms with Crippen LogP contribution in [0.1, 0.15) is 33.2 Å². The fourth-order valence-electron chi connectivity index (χ4n) is 3.11. The fourth-order valence-corrected chi connectivity index (χ4v) is 3.55. The van der Waals surface area contributed by atoms with E-state index in [4.69, 9.17) is 4.74 Å². The Morgan fingerprint density at radius 3 is 2.15 bits per heavy atom. The second kappa shape index (κ2) is 10.1. The summed E-state index contributed by atoms with van der Waals surface area (Å²) in [4.78, 5) is 24.8. The van der Waals surface area contributed by atoms with E-state index in [1.165, 1.54) is 0 Å². The van der Waals surface area contributed by atoms with Gasteiger partial charge in [0.1, 0.15) is 5.75 Å². The van der Waals surface area contributed by atoms with Gasteiger partial charge in [0, 0.05) is 28.1 Å². The normalized spacial score (nSPS) is 11.2. The van der Waals surface area contributed by atoms with E-state index in [9.17, 15) is 9.59 Å². The maximum atomic E-state index is 12.4. The minimum absolute atomic E-state index is 0.299. The van der Waals surface area contributed by atoms with Crippen molar-refractivity contribution < 1.29 is 14.3 Å². The maximum absolute atomic E-state index is 12.4. The lowest BCUT2D eigenvalue weighted by Crippen LogP contribution is -2.19. The summed E-state index contributed by atoms with van der Waals surface area (Å²) in [6.45, 7) is 1.79. The van der Waals surface area contributed by atoms with E-state index in [-0.39, 0.29) is 5.91 Å². The van der Waals surface area contributed by atoms with Gasteiger partial charge in [-0.25, -0.2) is 10.2 Å². The van der Waals surface area contributed by atoms with Crippen LogP contribution in [0.5, 0.6) is 5.75 Å². The third-order valence-electron chi connectivity index (χ3n) is 4.93. The molecule has 4 aromatic rings. The maximum Gasteiger partial charge on any atom is 0.344 e. The van der Waals surface area contributed by atoms with Crippen molar-refractivity contribution in [3.63, 3.8) is 0 Å². The highest BCUT2D eigenvalue weighted by molar-refractivity contribution is 9.10. The van der Waals surface area contributed by atoms with Gasteiger partial charge in [-0.15, -0.1) is 0 Å². The van der Waals surface area contributed by atoms with Crippen molar-refractivity contribution in [2.45, 2.75) is 6.92 Å². The molecule has 0 radical (unpaired) electrons. The van der Waals surface area contributed by atoms with E-state index in [1.807, 2.05) is 47.3 Å². The summed E-state index contributed by atoms with van der Waals surface area (Å²) in [5.41, 5.74) is 5.92. The average Bonchev–Trinajstić information content (AvgIpc) is 3.38. The van der Waals surface area contributed by atoms with Crippen molar-refractivity contribution in [3.8, 4) is 11.4 Å². The first-order valence-corrected chi connectivity index (χ1v) is 11.0. The Kier molecular flexibility index (Phi) is 6.80. The highest BCUT2D eigenvalue weighted by Crippen LogP contribution is 2.20. The van der Waals surface area contributed by atoms with E-state index >= 15 is 0 Å². The Balaban J connectivity index is 1.37. The molecule has 0 spiro atoms. The zero-order valence-corrected chi connectivity index (χ0v) is 19.3. The molecule has 0 saturated heterocycles. The Bertz CT molecular complexity index is 1300. The zero-order chi connectivity index (χ0) is 23.2. The largest absolute Gasteiger partial charge is 0.423 e. The van der Waals surface area contributed by atoms with Crippen molar-refractivity contribution in [3.05, 3.63) is 118 Å². The molecule has 1 N–H and O–H groups in total. The predicted molar refractivity (Wildman–Crippen MR) is 131 cm³/mol. The number of amides is 1. The van der Waals surface area contributed by atoms with Gasteiger partial charge in [0.15, 0.2) is 0 Å². The predicted octanol–water partition coefficient (Wildman–Crippen LogP) is 5.61. The van der Waals surface area contributed by atoms with Crippen LogP contribution in [0, 0.1) is 0 Å². The van der Waals surface area contributed by atoms with Crippen LogP contribution < -0.4 is 10.2 Å². The zero-order valence-electron chi connectivity index (χ0n) is 17.7. The summed E-state index contributed by atoms with van der Waals surface area (Å²) in [5.74, 6) is -0.331. The number of hydrazone groups is 1. The number of ether oxygens (including phenoxy) is 1. The molecule has 0 aliphatic rings. The van der Waals surface area contributed by atoms with Gasteiger partial charge in [-0.05, 0) is 101 Å². The van der Waals surface area contributed by atoms with Gasteiger partial charge >= 0.3 is 5.97 Å². The molecule has 1 heterocycles. The van der Waals surface area contributed by atoms with Gasteiger partial charge in [0.25, 0.3) is 5.91 Å². The lowest BCUT2D eigenvalue weighted by atomic mass is 10.1. The first kappa shape index (κ1) is 22.2. The number of carbonyl (C=O) groups excluding carboxylic acids is 2. The number of nitrogens with one attached hydrogen (secondary N) is 1. The number of hydrogen-bond donors (Lipinski definition) is 1. The van der Waals surface area contributed by atoms with Crippen LogP contribution in [0.2, 0.25) is 0 Å². The van der Waals surface area contributed by atoms with E-state index in [1.54, 1.807) is 61.5 Å². The number of carbonyl (C=O) groups is 2. The van der Waals surface area contributed by atoms with Crippen LogP contribution in [0.25, 0.3) is 5.69 Å². The molecule has 33 heavy (non-hydrogen) atoms. The first-order valence-electron chi connectivity index (χ1n) is 10.2. The van der Waals surface area contributed by atoms with Gasteiger partial charge in [-0.2, -0.15) is 5.10 Å². The third kappa shape index (κ3) is 5.45. The van der Waals surface area contributed by atoms with Gasteiger partial charge in [-0.3, -0.25) is 4.79 Å². The van der Waals surface area contributed by atoms with Crippen molar-refractivity contribution in [1.82, 2.24) is 9.99 Å². The van der Waals surface area contributed by atoms with Crippen LogP contribution in [-0.2, 0) is 0 Å². The molecule has 6 nitrogen and oxygen atoms in total. The topological polar surface area (TPSA) is 72.7 Å². The molecular formula is C26H20BrN3O3. The fraction of sp³-hybridized carbons (Fsp3) is 0.0385. The van der Waals surface area contributed by atoms with Gasteiger partial charge < -0.3 is 9.30 Å². The van der Waals surface area contributed by atoms with E-state index in [2.05, 4.69) is 26.5 Å². The van der Waals surface area contributed by atoms with Crippen LogP contribution >= 0.6 is 15.9 Å². The number of halogens is 1. The number of benzene rings is 3. The Hall–Kier alpha value is -3.97. The standard InChI is InChI=1S/C26H20BrN3O3/c1-18(28-29-25(31)20-8-12-21(13-9-20)30-16-4-5-17-30)19-10-14-22(15-11-19)33-26(32)23-6-2-3-7-24(23)27/h2-17H,1H3,(H,29,31)/b28-18+. The highest BCUT2D eigenvalue weighted by Gasteiger charge is 2.12. The van der Waals surface area contributed by atoms with Gasteiger partial charge in [-0.1, -0.05) is 12.1 Å². The summed E-state index contributed by atoms with van der Waals surface area (Å²) in [6.07, 6.45) is 3.88. The second-order valence-electron chi connectivity index (χ2n) is 7.17. The molecule has 0 saturated carbocycles. The minimum atomic E-state index is -0.448. The molecule has 0 unspecified atom stereocenters. The van der Waals surface area contributed by atoms with Crippen molar-refractivity contribution >= 4 is 33.5 Å². The van der Waals surface area contributed by atoms with Crippen molar-refractivity contribution in [1.29, 1.82) is 0 Å². The average molecular weight is 502 g/mol. The molecule has 7 heteroatoms. The summed E-state index contributed by atoms with van der Waals surface area (Å²) in [5, 5.41) is 4.19. The van der Waals surface area contributed by atoms with Crippen LogP contribution in [0.3, 0.4) is 0 Å². The molecule has 1 aromatic heterocycles. The second-order valence-corrected chi connectivity index (χ2v) is 8.02. The highest BCUT2D eigenvalue weighted by atomic mass is 79.9. The lowest BCUT2D eigenvalue weighted by Gasteiger charge is -2.07. The number of nitrogens with zero attached hydrogens (tertiary/aromatic N) is 2. The van der Waals surface area contributed by atoms with Gasteiger partial charge in [0.05, 0.1) is 11.3 Å². The van der Waals surface area contributed by atoms with Crippen molar-refractivity contribution in [2.24, 2.45) is 5.10 Å². The summed E-state index contributed by atoms with van der Waals surface area (Å²) in [7, 11) is 0. The molecule has 164 valence electrons. The van der Waals surface area contributed by atoms with Crippen LogP contribution in [0.4, 0.5) is 0 Å². The number of rotatable bonds is 6. The van der Waals surface area contributed by atoms with Crippen LogP contribution in [0.15, 0.2) is 107 Å². The smallest absolute Gasteiger partial charge is 0.344 e. The minimum Gasteiger partial charge on any atom is -0.423 e. The quantitative estimate of drug-likeness (QED) is 0.161. The van der Waals surface area contributed by atoms with Crippen molar-refractivity contribution in [2.75, 3.05) is 0 Å². The van der Waals surface area contributed by atoms with Crippen LogP contribution in [-0.4, -0.2) is 22.2 Å². The number of aromatic nitrogens is 1. The Morgan fingerprint density at radius 2 is 1.48 bits per heavy atom. The van der Waals surface area contributed by atoms with E-state index < -0.39 is 5.97 Å². The SMILES string of the molecule is C/C(=N\NC(=O)c1ccc(-n2cccc2)cc1)c1ccc(OC(=O)c2ccccc2Br)cc1. The molecule has 0 bridgehead atoms. The molecule has 4 rings (SSSR count). The molecule has 0 fully saturated rings. The molecule has 3 aromatic carbocycles. The monoisotopic (exact) mass is 501 g/mol. The number of hydrogen-bond acceptors (Lipinski definition) is 4. The first-order chi connectivity index (χ1) is 16.0. The Labute approximate surface area is 199 Å². The molecule has 0 atom stereocenters. The number of esters is 1. The summed E-state index contributed by atoms with van der Waals surface area (Å²) in [6, 6.07) is 25.1. The van der Waals surface area contributed by atoms with Gasteiger partial charge in [0.2, 0.25) is 0 Å². The summed E-state index contributed by atoms with van der Waals surface area (Å²) < 4.78 is 8.06. The van der Waals surface area contributed by atoms with E-state index in [0.29, 0.717) is 27.1 Å². The molecule has 1 amide bonds. The van der Waals surface area contributed by atoms with E-state index in [0.717, 1.165) is 11.3 Å². The Morgan fingerprint density at radius 1 is 0.848 bits per heavy atom. The third-order valence-corrected chi connectivity index (χ3v) is 5.63. The molecular weight excluding hydrogens is 482 g/mol. The summed E-state index contributed by atoms with van der Waals surface area (Å²) >= 11 is 3.35. The lowest BCUT2D eigenvalue weighted by molar-refractivity contribution is 0.0733. The molecule has 0 aliphatic carbocycles. The molecule has 0 aliphatic heterocycles.